The highest BCUT2D eigenvalue weighted by atomic mass is 16.2. The van der Waals surface area contributed by atoms with Crippen LogP contribution in [0.2, 0.25) is 0 Å². The van der Waals surface area contributed by atoms with Crippen molar-refractivity contribution >= 4 is 11.4 Å². The van der Waals surface area contributed by atoms with E-state index in [-0.39, 0.29) is 11.5 Å². The first kappa shape index (κ1) is 13.9. The van der Waals surface area contributed by atoms with Crippen LogP contribution in [0.25, 0.3) is 5.52 Å². The number of aromatic nitrogens is 3. The molecular weight excluding hydrogens is 268 g/mol. The first-order valence-electron chi connectivity index (χ1n) is 7.41. The maximum absolute atomic E-state index is 12.6. The van der Waals surface area contributed by atoms with Gasteiger partial charge in [0, 0.05) is 19.3 Å². The van der Waals surface area contributed by atoms with Gasteiger partial charge in [-0.15, -0.1) is 0 Å². The Morgan fingerprint density at radius 2 is 2.10 bits per heavy atom. The van der Waals surface area contributed by atoms with Gasteiger partial charge in [-0.2, -0.15) is 5.10 Å². The molecule has 112 valence electrons. The first-order valence-corrected chi connectivity index (χ1v) is 7.41. The van der Waals surface area contributed by atoms with Crippen molar-refractivity contribution < 1.29 is 4.79 Å². The Morgan fingerprint density at radius 3 is 2.81 bits per heavy atom. The zero-order valence-electron chi connectivity index (χ0n) is 12.4. The molecule has 1 fully saturated rings. The molecule has 1 aliphatic heterocycles. The van der Waals surface area contributed by atoms with Gasteiger partial charge in [0.1, 0.15) is 17.9 Å². The molecule has 6 heteroatoms. The highest BCUT2D eigenvalue weighted by Gasteiger charge is 2.26. The summed E-state index contributed by atoms with van der Waals surface area (Å²) in [5.74, 6) is 0.648. The van der Waals surface area contributed by atoms with Crippen LogP contribution in [0, 0.1) is 5.92 Å². The Labute approximate surface area is 123 Å². The first-order chi connectivity index (χ1) is 10.1. The molecule has 2 aromatic rings. The van der Waals surface area contributed by atoms with E-state index in [0.717, 1.165) is 25.9 Å². The third-order valence-electron chi connectivity index (χ3n) is 4.33. The zero-order chi connectivity index (χ0) is 15.0. The molecule has 1 atom stereocenters. The minimum atomic E-state index is -0.564. The second kappa shape index (κ2) is 5.35. The Bertz CT molecular complexity index is 710. The molecule has 0 N–H and O–H groups in total. The van der Waals surface area contributed by atoms with Crippen LogP contribution in [-0.2, 0) is 4.79 Å². The fourth-order valence-electron chi connectivity index (χ4n) is 2.83. The smallest absolute Gasteiger partial charge is 0.291 e. The minimum absolute atomic E-state index is 0.0209. The third-order valence-corrected chi connectivity index (χ3v) is 4.33. The summed E-state index contributed by atoms with van der Waals surface area (Å²) in [6.07, 6.45) is 5.39. The summed E-state index contributed by atoms with van der Waals surface area (Å²) in [4.78, 5) is 26.8. The summed E-state index contributed by atoms with van der Waals surface area (Å²) < 4.78 is 2.95. The van der Waals surface area contributed by atoms with Crippen molar-refractivity contribution in [2.45, 2.75) is 32.7 Å². The molecule has 0 aliphatic carbocycles. The molecule has 3 heterocycles. The van der Waals surface area contributed by atoms with Crippen molar-refractivity contribution in [2.24, 2.45) is 5.92 Å². The highest BCUT2D eigenvalue weighted by molar-refractivity contribution is 5.80. The summed E-state index contributed by atoms with van der Waals surface area (Å²) in [5.41, 5.74) is 0.311. The van der Waals surface area contributed by atoms with Gasteiger partial charge >= 0.3 is 0 Å². The predicted octanol–water partition coefficient (Wildman–Crippen LogP) is 1.32. The molecule has 0 bridgehead atoms. The molecule has 1 saturated heterocycles. The van der Waals surface area contributed by atoms with Gasteiger partial charge in [-0.05, 0) is 37.8 Å². The number of piperidine rings is 1. The van der Waals surface area contributed by atoms with E-state index in [1.165, 1.54) is 4.68 Å². The molecule has 6 nitrogen and oxygen atoms in total. The van der Waals surface area contributed by atoms with E-state index in [4.69, 9.17) is 0 Å². The number of fused-ring (bicyclic) bond motifs is 1. The lowest BCUT2D eigenvalue weighted by Gasteiger charge is -2.32. The molecule has 0 spiro atoms. The maximum Gasteiger partial charge on any atom is 0.291 e. The van der Waals surface area contributed by atoms with Crippen LogP contribution >= 0.6 is 0 Å². The van der Waals surface area contributed by atoms with Crippen molar-refractivity contribution in [2.75, 3.05) is 13.1 Å². The molecule has 1 unspecified atom stereocenters. The molecule has 3 rings (SSSR count). The zero-order valence-corrected chi connectivity index (χ0v) is 12.4. The number of hydrogen-bond acceptors (Lipinski definition) is 3. The summed E-state index contributed by atoms with van der Waals surface area (Å²) >= 11 is 0. The molecule has 0 aromatic carbocycles. The summed E-state index contributed by atoms with van der Waals surface area (Å²) in [6.45, 7) is 5.49. The van der Waals surface area contributed by atoms with Gasteiger partial charge in [0.15, 0.2) is 0 Å². The van der Waals surface area contributed by atoms with E-state index in [2.05, 4.69) is 12.0 Å². The average molecular weight is 288 g/mol. The van der Waals surface area contributed by atoms with Gasteiger partial charge in [0.25, 0.3) is 5.56 Å². The van der Waals surface area contributed by atoms with E-state index in [1.807, 2.05) is 4.90 Å². The van der Waals surface area contributed by atoms with Crippen LogP contribution < -0.4 is 5.56 Å². The Balaban J connectivity index is 1.86. The number of likely N-dealkylation sites (tertiary alicyclic amines) is 1. The summed E-state index contributed by atoms with van der Waals surface area (Å²) in [6, 6.07) is 2.97. The second-order valence-electron chi connectivity index (χ2n) is 5.87. The predicted molar refractivity (Wildman–Crippen MR) is 79.1 cm³/mol. The van der Waals surface area contributed by atoms with Crippen molar-refractivity contribution in [3.05, 3.63) is 35.0 Å². The number of nitrogens with zero attached hydrogens (tertiary/aromatic N) is 4. The Hall–Kier alpha value is -2.11. The fraction of sp³-hybridized carbons (Fsp3) is 0.533. The molecule has 1 amide bonds. The Morgan fingerprint density at radius 1 is 1.38 bits per heavy atom. The van der Waals surface area contributed by atoms with Crippen molar-refractivity contribution in [1.82, 2.24) is 19.1 Å². The summed E-state index contributed by atoms with van der Waals surface area (Å²) in [5, 5.41) is 4.13. The number of rotatable bonds is 2. The maximum atomic E-state index is 12.6. The van der Waals surface area contributed by atoms with Crippen molar-refractivity contribution in [3.8, 4) is 0 Å². The summed E-state index contributed by atoms with van der Waals surface area (Å²) in [7, 11) is 0. The van der Waals surface area contributed by atoms with E-state index in [1.54, 1.807) is 36.0 Å². The molecular formula is C15H20N4O2. The van der Waals surface area contributed by atoms with Crippen molar-refractivity contribution in [3.63, 3.8) is 0 Å². The van der Waals surface area contributed by atoms with E-state index < -0.39 is 6.04 Å². The lowest BCUT2D eigenvalue weighted by atomic mass is 9.99. The van der Waals surface area contributed by atoms with E-state index >= 15 is 0 Å². The Kier molecular flexibility index (Phi) is 3.53. The molecule has 0 saturated carbocycles. The van der Waals surface area contributed by atoms with Gasteiger partial charge in [0.05, 0.1) is 0 Å². The quantitative estimate of drug-likeness (QED) is 0.837. The molecule has 0 radical (unpaired) electrons. The third kappa shape index (κ3) is 2.46. The van der Waals surface area contributed by atoms with Crippen LogP contribution in [0.1, 0.15) is 32.7 Å². The molecule has 21 heavy (non-hydrogen) atoms. The van der Waals surface area contributed by atoms with E-state index in [9.17, 15) is 9.59 Å². The number of carbonyl (C=O) groups is 1. The SMILES string of the molecule is CC1CCN(C(=O)C(C)n2ncn3cccc3c2=O)CC1. The van der Waals surface area contributed by atoms with Crippen LogP contribution in [-0.4, -0.2) is 38.1 Å². The average Bonchev–Trinajstić information content (AvgIpc) is 2.96. The van der Waals surface area contributed by atoms with Gasteiger partial charge < -0.3 is 9.30 Å². The van der Waals surface area contributed by atoms with Gasteiger partial charge in [-0.1, -0.05) is 6.92 Å². The van der Waals surface area contributed by atoms with Crippen molar-refractivity contribution in [1.29, 1.82) is 0 Å². The second-order valence-corrected chi connectivity index (χ2v) is 5.87. The topological polar surface area (TPSA) is 59.6 Å². The number of carbonyl (C=O) groups excluding carboxylic acids is 1. The largest absolute Gasteiger partial charge is 0.341 e. The molecule has 2 aromatic heterocycles. The number of amides is 1. The minimum Gasteiger partial charge on any atom is -0.341 e. The lowest BCUT2D eigenvalue weighted by Crippen LogP contribution is -2.43. The normalized spacial score (nSPS) is 18.1. The van der Waals surface area contributed by atoms with E-state index in [0.29, 0.717) is 11.4 Å². The van der Waals surface area contributed by atoms with Crippen LogP contribution in [0.3, 0.4) is 0 Å². The molecule has 1 aliphatic rings. The van der Waals surface area contributed by atoms with Gasteiger partial charge in [-0.25, -0.2) is 4.68 Å². The fourth-order valence-corrected chi connectivity index (χ4v) is 2.83. The van der Waals surface area contributed by atoms with Crippen LogP contribution in [0.4, 0.5) is 0 Å². The monoisotopic (exact) mass is 288 g/mol. The van der Waals surface area contributed by atoms with Crippen LogP contribution in [0.5, 0.6) is 0 Å². The van der Waals surface area contributed by atoms with Crippen LogP contribution in [0.15, 0.2) is 29.5 Å². The standard InChI is InChI=1S/C15H20N4O2/c1-11-5-8-17(9-6-11)14(20)12(2)19-15(21)13-4-3-7-18(13)10-16-19/h3-4,7,10-12H,5-6,8-9H2,1-2H3. The van der Waals surface area contributed by atoms with Gasteiger partial charge in [0.2, 0.25) is 5.91 Å². The number of hydrogen-bond donors (Lipinski definition) is 0. The lowest BCUT2D eigenvalue weighted by molar-refractivity contribution is -0.136. The van der Waals surface area contributed by atoms with Gasteiger partial charge in [-0.3, -0.25) is 9.59 Å². The highest BCUT2D eigenvalue weighted by Crippen LogP contribution is 2.18.